The van der Waals surface area contributed by atoms with Gasteiger partial charge in [-0.2, -0.15) is 13.2 Å². The van der Waals surface area contributed by atoms with Gasteiger partial charge < -0.3 is 4.90 Å². The zero-order valence-corrected chi connectivity index (χ0v) is 13.6. The highest BCUT2D eigenvalue weighted by molar-refractivity contribution is 5.78. The molecule has 23 heavy (non-hydrogen) atoms. The fraction of sp³-hybridized carbons (Fsp3) is 0.588. The van der Waals surface area contributed by atoms with E-state index in [1.54, 1.807) is 4.90 Å². The van der Waals surface area contributed by atoms with E-state index >= 15 is 0 Å². The summed E-state index contributed by atoms with van der Waals surface area (Å²) in [7, 11) is 0. The molecule has 6 heteroatoms. The molecule has 1 aromatic rings. The lowest BCUT2D eigenvalue weighted by Gasteiger charge is -2.35. The predicted octanol–water partition coefficient (Wildman–Crippen LogP) is 3.05. The second-order valence-electron chi connectivity index (χ2n) is 6.45. The first-order valence-electron chi connectivity index (χ1n) is 7.92. The van der Waals surface area contributed by atoms with Crippen LogP contribution in [0, 0.1) is 5.92 Å². The van der Waals surface area contributed by atoms with Gasteiger partial charge in [0.25, 0.3) is 0 Å². The zero-order valence-electron chi connectivity index (χ0n) is 13.6. The topological polar surface area (TPSA) is 23.6 Å². The molecule has 2 rings (SSSR count). The Morgan fingerprint density at radius 3 is 2.13 bits per heavy atom. The number of hydrogen-bond donors (Lipinski definition) is 0. The van der Waals surface area contributed by atoms with Gasteiger partial charge in [-0.15, -0.1) is 0 Å². The number of amides is 1. The van der Waals surface area contributed by atoms with Gasteiger partial charge in [0.1, 0.15) is 0 Å². The largest absolute Gasteiger partial charge is 0.416 e. The number of rotatable bonds is 4. The Kier molecular flexibility index (Phi) is 5.68. The first-order valence-corrected chi connectivity index (χ1v) is 7.92. The Morgan fingerprint density at radius 2 is 1.65 bits per heavy atom. The molecule has 0 aliphatic carbocycles. The molecular weight excluding hydrogens is 305 g/mol. The van der Waals surface area contributed by atoms with Crippen LogP contribution in [0.3, 0.4) is 0 Å². The normalized spacial score (nSPS) is 16.9. The van der Waals surface area contributed by atoms with Crippen LogP contribution in [0.2, 0.25) is 0 Å². The molecule has 0 bridgehead atoms. The highest BCUT2D eigenvalue weighted by atomic mass is 19.4. The van der Waals surface area contributed by atoms with Crippen molar-refractivity contribution in [3.05, 3.63) is 35.4 Å². The van der Waals surface area contributed by atoms with Gasteiger partial charge in [0, 0.05) is 32.7 Å². The molecule has 1 amide bonds. The number of nitrogens with zero attached hydrogens (tertiary/aromatic N) is 2. The number of alkyl halides is 3. The van der Waals surface area contributed by atoms with E-state index < -0.39 is 11.7 Å². The Morgan fingerprint density at radius 1 is 1.09 bits per heavy atom. The maximum atomic E-state index is 12.5. The molecular formula is C17H23F3N2O. The Hall–Kier alpha value is -1.56. The highest BCUT2D eigenvalue weighted by Gasteiger charge is 2.30. The summed E-state index contributed by atoms with van der Waals surface area (Å²) >= 11 is 0. The number of carbonyl (C=O) groups excluding carboxylic acids is 1. The van der Waals surface area contributed by atoms with E-state index in [0.29, 0.717) is 24.6 Å². The van der Waals surface area contributed by atoms with E-state index in [-0.39, 0.29) is 12.3 Å². The van der Waals surface area contributed by atoms with Gasteiger partial charge >= 0.3 is 6.18 Å². The SMILES string of the molecule is CC(C)CN1CCN(C(=O)Cc2ccc(C(F)(F)F)cc2)CC1. The quantitative estimate of drug-likeness (QED) is 0.848. The Balaban J connectivity index is 1.86. The van der Waals surface area contributed by atoms with Gasteiger partial charge in [0.2, 0.25) is 5.91 Å². The summed E-state index contributed by atoms with van der Waals surface area (Å²) < 4.78 is 37.6. The summed E-state index contributed by atoms with van der Waals surface area (Å²) in [6.45, 7) is 8.46. The molecule has 0 saturated carbocycles. The van der Waals surface area contributed by atoms with Gasteiger partial charge in [-0.1, -0.05) is 26.0 Å². The molecule has 0 atom stereocenters. The van der Waals surface area contributed by atoms with Gasteiger partial charge in [-0.3, -0.25) is 9.69 Å². The van der Waals surface area contributed by atoms with Crippen LogP contribution in [-0.2, 0) is 17.4 Å². The number of halogens is 3. The average Bonchev–Trinajstić information content (AvgIpc) is 2.47. The zero-order chi connectivity index (χ0) is 17.0. The summed E-state index contributed by atoms with van der Waals surface area (Å²) in [5.74, 6) is 0.582. The smallest absolute Gasteiger partial charge is 0.340 e. The Labute approximate surface area is 135 Å². The lowest BCUT2D eigenvalue weighted by Crippen LogP contribution is -2.49. The molecule has 1 aromatic carbocycles. The van der Waals surface area contributed by atoms with Crippen molar-refractivity contribution < 1.29 is 18.0 Å². The van der Waals surface area contributed by atoms with Crippen molar-refractivity contribution in [2.75, 3.05) is 32.7 Å². The third kappa shape index (κ3) is 5.23. The molecule has 0 radical (unpaired) electrons. The summed E-state index contributed by atoms with van der Waals surface area (Å²) in [6, 6.07) is 4.83. The Bertz CT molecular complexity index is 518. The molecule has 3 nitrogen and oxygen atoms in total. The van der Waals surface area contributed by atoms with Gasteiger partial charge in [0.05, 0.1) is 12.0 Å². The van der Waals surface area contributed by atoms with E-state index in [2.05, 4.69) is 18.7 Å². The molecule has 1 aliphatic heterocycles. The van der Waals surface area contributed by atoms with Crippen LogP contribution in [0.25, 0.3) is 0 Å². The first kappa shape index (κ1) is 17.8. The highest BCUT2D eigenvalue weighted by Crippen LogP contribution is 2.29. The lowest BCUT2D eigenvalue weighted by molar-refractivity contribution is -0.137. The van der Waals surface area contributed by atoms with E-state index in [9.17, 15) is 18.0 Å². The molecule has 1 saturated heterocycles. The van der Waals surface area contributed by atoms with Crippen molar-refractivity contribution in [2.24, 2.45) is 5.92 Å². The number of hydrogen-bond acceptors (Lipinski definition) is 2. The van der Waals surface area contributed by atoms with Gasteiger partial charge in [-0.25, -0.2) is 0 Å². The summed E-state index contributed by atoms with van der Waals surface area (Å²) in [5.41, 5.74) is -0.0661. The van der Waals surface area contributed by atoms with E-state index in [0.717, 1.165) is 31.8 Å². The molecule has 128 valence electrons. The van der Waals surface area contributed by atoms with E-state index in [4.69, 9.17) is 0 Å². The predicted molar refractivity (Wildman–Crippen MR) is 83.0 cm³/mol. The van der Waals surface area contributed by atoms with Gasteiger partial charge in [-0.05, 0) is 23.6 Å². The monoisotopic (exact) mass is 328 g/mol. The van der Waals surface area contributed by atoms with Crippen molar-refractivity contribution in [2.45, 2.75) is 26.4 Å². The van der Waals surface area contributed by atoms with E-state index in [1.165, 1.54) is 12.1 Å². The van der Waals surface area contributed by atoms with Crippen LogP contribution in [0.5, 0.6) is 0 Å². The van der Waals surface area contributed by atoms with Crippen LogP contribution >= 0.6 is 0 Å². The van der Waals surface area contributed by atoms with Crippen molar-refractivity contribution in [3.8, 4) is 0 Å². The summed E-state index contributed by atoms with van der Waals surface area (Å²) in [5, 5.41) is 0. The summed E-state index contributed by atoms with van der Waals surface area (Å²) in [6.07, 6.45) is -4.18. The van der Waals surface area contributed by atoms with Crippen molar-refractivity contribution in [1.29, 1.82) is 0 Å². The minimum atomic E-state index is -4.34. The molecule has 0 unspecified atom stereocenters. The molecule has 1 aliphatic rings. The van der Waals surface area contributed by atoms with Crippen molar-refractivity contribution in [1.82, 2.24) is 9.80 Å². The van der Waals surface area contributed by atoms with Crippen LogP contribution in [0.4, 0.5) is 13.2 Å². The summed E-state index contributed by atoms with van der Waals surface area (Å²) in [4.78, 5) is 16.4. The number of piperazine rings is 1. The third-order valence-corrected chi connectivity index (χ3v) is 3.98. The van der Waals surface area contributed by atoms with Crippen LogP contribution in [0.15, 0.2) is 24.3 Å². The van der Waals surface area contributed by atoms with Crippen LogP contribution < -0.4 is 0 Å². The lowest BCUT2D eigenvalue weighted by atomic mass is 10.1. The molecule has 0 spiro atoms. The van der Waals surface area contributed by atoms with Gasteiger partial charge in [0.15, 0.2) is 0 Å². The number of carbonyl (C=O) groups is 1. The van der Waals surface area contributed by atoms with Crippen molar-refractivity contribution in [3.63, 3.8) is 0 Å². The molecule has 1 heterocycles. The number of benzene rings is 1. The maximum absolute atomic E-state index is 12.5. The van der Waals surface area contributed by atoms with Crippen LogP contribution in [0.1, 0.15) is 25.0 Å². The third-order valence-electron chi connectivity index (χ3n) is 3.98. The molecule has 0 N–H and O–H groups in total. The minimum Gasteiger partial charge on any atom is -0.340 e. The second-order valence-corrected chi connectivity index (χ2v) is 6.45. The fourth-order valence-corrected chi connectivity index (χ4v) is 2.79. The van der Waals surface area contributed by atoms with Crippen molar-refractivity contribution >= 4 is 5.91 Å². The average molecular weight is 328 g/mol. The first-order chi connectivity index (χ1) is 10.8. The van der Waals surface area contributed by atoms with Crippen LogP contribution in [-0.4, -0.2) is 48.4 Å². The van der Waals surface area contributed by atoms with E-state index in [1.807, 2.05) is 0 Å². The molecule has 1 fully saturated rings. The fourth-order valence-electron chi connectivity index (χ4n) is 2.79. The minimum absolute atomic E-state index is 0.0195. The maximum Gasteiger partial charge on any atom is 0.416 e. The standard InChI is InChI=1S/C17H23F3N2O/c1-13(2)12-21-7-9-22(10-8-21)16(23)11-14-3-5-15(6-4-14)17(18,19)20/h3-6,13H,7-12H2,1-2H3. The second kappa shape index (κ2) is 7.34. The molecule has 0 aromatic heterocycles.